The second-order valence-corrected chi connectivity index (χ2v) is 8.71. The lowest BCUT2D eigenvalue weighted by Gasteiger charge is -2.30. The Balaban J connectivity index is 3.27. The molecule has 0 radical (unpaired) electrons. The molecule has 0 spiro atoms. The minimum atomic E-state index is -6.98. The van der Waals surface area contributed by atoms with Crippen molar-refractivity contribution in [3.63, 3.8) is 0 Å². The van der Waals surface area contributed by atoms with Gasteiger partial charge in [-0.15, -0.1) is 0 Å². The first-order valence-corrected chi connectivity index (χ1v) is 9.93. The van der Waals surface area contributed by atoms with Crippen molar-refractivity contribution in [2.45, 2.75) is 29.6 Å². The summed E-state index contributed by atoms with van der Waals surface area (Å²) in [5, 5.41) is -3.49. The van der Waals surface area contributed by atoms with Crippen LogP contribution in [0.3, 0.4) is 0 Å². The van der Waals surface area contributed by atoms with Crippen molar-refractivity contribution in [2.75, 3.05) is 14.2 Å². The van der Waals surface area contributed by atoms with Gasteiger partial charge >= 0.3 is 36.7 Å². The van der Waals surface area contributed by atoms with Crippen LogP contribution in [0.2, 0.25) is 0 Å². The maximum atomic E-state index is 13.8. The van der Waals surface area contributed by atoms with Gasteiger partial charge in [0.1, 0.15) is 5.75 Å². The van der Waals surface area contributed by atoms with Gasteiger partial charge in [-0.05, 0) is 0 Å². The summed E-state index contributed by atoms with van der Waals surface area (Å²) in [7, 11) is -12.2. The monoisotopic (exact) mass is 476 g/mol. The predicted octanol–water partition coefficient (Wildman–Crippen LogP) is 2.18. The van der Waals surface area contributed by atoms with Gasteiger partial charge in [0, 0.05) is 18.2 Å². The number of rotatable bonds is 10. The van der Waals surface area contributed by atoms with E-state index in [2.05, 4.69) is 8.37 Å². The van der Waals surface area contributed by atoms with Crippen molar-refractivity contribution in [2.24, 2.45) is 0 Å². The lowest BCUT2D eigenvalue weighted by Crippen LogP contribution is -2.61. The molecule has 0 heterocycles. The first kappa shape index (κ1) is 25.4. The van der Waals surface area contributed by atoms with E-state index in [1.54, 1.807) is 0 Å². The fourth-order valence-corrected chi connectivity index (χ4v) is 3.42. The van der Waals surface area contributed by atoms with Gasteiger partial charge in [-0.25, -0.2) is 0 Å². The van der Waals surface area contributed by atoms with Gasteiger partial charge < -0.3 is 9.84 Å². The number of benzene rings is 1. The van der Waals surface area contributed by atoms with Crippen molar-refractivity contribution >= 4 is 20.2 Å². The minimum Gasteiger partial charge on any atom is -0.507 e. The zero-order valence-electron chi connectivity index (χ0n) is 14.5. The molecule has 29 heavy (non-hydrogen) atoms. The van der Waals surface area contributed by atoms with Crippen LogP contribution in [0, 0.1) is 0 Å². The van der Waals surface area contributed by atoms with Crippen LogP contribution in [-0.2, 0) is 46.6 Å². The fourth-order valence-electron chi connectivity index (χ4n) is 1.84. The molecule has 0 aliphatic rings. The Hall–Kier alpha value is -1.62. The van der Waals surface area contributed by atoms with Crippen LogP contribution in [0.4, 0.5) is 26.3 Å². The molecule has 1 N–H and O–H groups in total. The van der Waals surface area contributed by atoms with Crippen LogP contribution in [0.25, 0.3) is 0 Å². The molecule has 16 heteroatoms. The Kier molecular flexibility index (Phi) is 7.23. The molecule has 0 saturated carbocycles. The molecule has 1 rings (SSSR count). The van der Waals surface area contributed by atoms with Gasteiger partial charge in [0.15, 0.2) is 0 Å². The van der Waals surface area contributed by atoms with Crippen LogP contribution in [0.15, 0.2) is 18.2 Å². The average Bonchev–Trinajstić information content (AvgIpc) is 2.61. The van der Waals surface area contributed by atoms with Gasteiger partial charge in [-0.3, -0.25) is 8.37 Å². The molecule has 0 aliphatic carbocycles. The first-order chi connectivity index (χ1) is 13.0. The molecule has 0 fully saturated rings. The van der Waals surface area contributed by atoms with Crippen LogP contribution in [0.5, 0.6) is 5.75 Å². The van der Waals surface area contributed by atoms with E-state index in [0.29, 0.717) is 0 Å². The SMILES string of the molecule is COCc1cccc(COS(=O)(=O)C(F)(F)C(F)(F)C(F)(F)S(=O)(=O)OC)c1O. The quantitative estimate of drug-likeness (QED) is 0.404. The van der Waals surface area contributed by atoms with Crippen molar-refractivity contribution in [3.05, 3.63) is 29.3 Å². The van der Waals surface area contributed by atoms with Crippen molar-refractivity contribution < 1.29 is 61.4 Å². The van der Waals surface area contributed by atoms with E-state index in [0.717, 1.165) is 6.07 Å². The third kappa shape index (κ3) is 4.30. The number of hydrogen-bond donors (Lipinski definition) is 1. The highest BCUT2D eigenvalue weighted by Gasteiger charge is 2.83. The highest BCUT2D eigenvalue weighted by molar-refractivity contribution is 7.89. The molecule has 1 aromatic carbocycles. The smallest absolute Gasteiger partial charge is 0.439 e. The number of aromatic hydroxyl groups is 1. The number of phenols is 1. The summed E-state index contributed by atoms with van der Waals surface area (Å²) in [5.41, 5.74) is -0.445. The molecule has 0 aliphatic heterocycles. The van der Waals surface area contributed by atoms with E-state index >= 15 is 0 Å². The Morgan fingerprint density at radius 3 is 1.76 bits per heavy atom. The standard InChI is InChI=1S/C13H14F6O8S2/c1-25-6-8-4-3-5-9(10(8)20)7-27-29(23,24)13(18,19)11(14,15)12(16,17)28(21,22)26-2/h3-5,20H,6-7H2,1-2H3. The predicted molar refractivity (Wildman–Crippen MR) is 83.3 cm³/mol. The summed E-state index contributed by atoms with van der Waals surface area (Å²) >= 11 is 0. The summed E-state index contributed by atoms with van der Waals surface area (Å²) in [5.74, 6) is -7.67. The fraction of sp³-hybridized carbons (Fsp3) is 0.538. The lowest BCUT2D eigenvalue weighted by molar-refractivity contribution is -0.248. The van der Waals surface area contributed by atoms with Gasteiger partial charge in [0.25, 0.3) is 0 Å². The number of alkyl halides is 6. The van der Waals surface area contributed by atoms with Crippen LogP contribution in [-0.4, -0.2) is 52.6 Å². The highest BCUT2D eigenvalue weighted by Crippen LogP contribution is 2.51. The molecule has 1 aromatic rings. The van der Waals surface area contributed by atoms with E-state index in [1.165, 1.54) is 19.2 Å². The zero-order valence-corrected chi connectivity index (χ0v) is 16.2. The Morgan fingerprint density at radius 1 is 0.862 bits per heavy atom. The summed E-state index contributed by atoms with van der Waals surface area (Å²) < 4.78 is 138. The number of para-hydroxylation sites is 1. The number of phenolic OH excluding ortho intramolecular Hbond substituents is 1. The molecule has 0 amide bonds. The molecular formula is C13H14F6O8S2. The molecule has 0 atom stereocenters. The maximum Gasteiger partial charge on any atom is 0.439 e. The van der Waals surface area contributed by atoms with Crippen molar-refractivity contribution in [1.29, 1.82) is 0 Å². The maximum absolute atomic E-state index is 13.8. The molecule has 0 aromatic heterocycles. The molecule has 0 saturated heterocycles. The Morgan fingerprint density at radius 2 is 1.31 bits per heavy atom. The molecular weight excluding hydrogens is 462 g/mol. The number of hydrogen-bond acceptors (Lipinski definition) is 8. The van der Waals surface area contributed by atoms with E-state index in [9.17, 15) is 48.3 Å². The summed E-state index contributed by atoms with van der Waals surface area (Å²) in [6.07, 6.45) is 0. The highest BCUT2D eigenvalue weighted by atomic mass is 32.2. The zero-order chi connectivity index (χ0) is 22.9. The third-order valence-electron chi connectivity index (χ3n) is 3.45. The topological polar surface area (TPSA) is 116 Å². The van der Waals surface area contributed by atoms with Gasteiger partial charge in [0.05, 0.1) is 20.3 Å². The number of ether oxygens (including phenoxy) is 1. The summed E-state index contributed by atoms with van der Waals surface area (Å²) in [6.45, 7) is -1.66. The normalized spacial score (nSPS) is 14.2. The van der Waals surface area contributed by atoms with Gasteiger partial charge in [-0.2, -0.15) is 43.2 Å². The number of methoxy groups -OCH3 is 1. The molecule has 8 nitrogen and oxygen atoms in total. The largest absolute Gasteiger partial charge is 0.507 e. The number of halogens is 6. The van der Waals surface area contributed by atoms with Crippen molar-refractivity contribution in [1.82, 2.24) is 0 Å². The Labute approximate surface area is 161 Å². The van der Waals surface area contributed by atoms with E-state index in [4.69, 9.17) is 4.74 Å². The van der Waals surface area contributed by atoms with Crippen LogP contribution >= 0.6 is 0 Å². The minimum absolute atomic E-state index is 0.0156. The second-order valence-electron chi connectivity index (χ2n) is 5.30. The average molecular weight is 476 g/mol. The van der Waals surface area contributed by atoms with Crippen molar-refractivity contribution in [3.8, 4) is 5.75 Å². The summed E-state index contributed by atoms with van der Waals surface area (Å²) in [4.78, 5) is 0. The summed E-state index contributed by atoms with van der Waals surface area (Å²) in [6, 6.07) is 3.45. The second kappa shape index (κ2) is 8.25. The van der Waals surface area contributed by atoms with E-state index in [1.807, 2.05) is 0 Å². The lowest BCUT2D eigenvalue weighted by atomic mass is 10.1. The van der Waals surface area contributed by atoms with Crippen LogP contribution < -0.4 is 0 Å². The third-order valence-corrected chi connectivity index (χ3v) is 6.09. The molecule has 168 valence electrons. The van der Waals surface area contributed by atoms with Crippen LogP contribution in [0.1, 0.15) is 11.1 Å². The Bertz CT molecular complexity index is 946. The first-order valence-electron chi connectivity index (χ1n) is 7.11. The molecule has 0 unspecified atom stereocenters. The van der Waals surface area contributed by atoms with Gasteiger partial charge in [-0.1, -0.05) is 18.2 Å². The van der Waals surface area contributed by atoms with Gasteiger partial charge in [0.2, 0.25) is 0 Å². The molecule has 0 bridgehead atoms. The van der Waals surface area contributed by atoms with E-state index < -0.39 is 54.6 Å². The van der Waals surface area contributed by atoms with E-state index in [-0.39, 0.29) is 19.3 Å².